The van der Waals surface area contributed by atoms with Crippen LogP contribution in [-0.4, -0.2) is 45.9 Å². The maximum absolute atomic E-state index is 13.5. The highest BCUT2D eigenvalue weighted by molar-refractivity contribution is 14.0. The van der Waals surface area contributed by atoms with Crippen LogP contribution in [0, 0.1) is 0 Å². The van der Waals surface area contributed by atoms with Crippen molar-refractivity contribution in [2.45, 2.75) is 46.0 Å². The zero-order valence-electron chi connectivity index (χ0n) is 17.7. The normalized spacial score (nSPS) is 12.9. The Morgan fingerprint density at radius 1 is 1.13 bits per heavy atom. The van der Waals surface area contributed by atoms with E-state index in [0.29, 0.717) is 0 Å². The van der Waals surface area contributed by atoms with E-state index in [1.54, 1.807) is 20.8 Å². The predicted octanol–water partition coefficient (Wildman–Crippen LogP) is 3.11. The lowest BCUT2D eigenvalue weighted by atomic mass is 10.1. The van der Waals surface area contributed by atoms with Gasteiger partial charge in [0.1, 0.15) is 11.4 Å². The third kappa shape index (κ3) is 10.7. The topological polar surface area (TPSA) is 91.8 Å². The van der Waals surface area contributed by atoms with Crippen molar-refractivity contribution in [2.75, 3.05) is 25.9 Å². The van der Waals surface area contributed by atoms with Gasteiger partial charge < -0.3 is 15.4 Å². The van der Waals surface area contributed by atoms with E-state index in [2.05, 4.69) is 20.3 Å². The van der Waals surface area contributed by atoms with Crippen molar-refractivity contribution in [1.82, 2.24) is 15.4 Å². The van der Waals surface area contributed by atoms with Gasteiger partial charge in [-0.3, -0.25) is 4.99 Å². The Labute approximate surface area is 193 Å². The van der Waals surface area contributed by atoms with Crippen LogP contribution in [0.25, 0.3) is 0 Å². The first-order chi connectivity index (χ1) is 13.3. The minimum atomic E-state index is -4.54. The molecule has 174 valence electrons. The van der Waals surface area contributed by atoms with Crippen LogP contribution < -0.4 is 20.1 Å². The Hall–Kier alpha value is -1.28. The molecule has 0 spiro atoms. The molecule has 0 aliphatic heterocycles. The summed E-state index contributed by atoms with van der Waals surface area (Å²) < 4.78 is 71.0. The second-order valence-electron chi connectivity index (χ2n) is 7.18. The number of ether oxygens (including phenoxy) is 1. The molecule has 0 amide bonds. The van der Waals surface area contributed by atoms with Crippen LogP contribution in [0.3, 0.4) is 0 Å². The van der Waals surface area contributed by atoms with Crippen molar-refractivity contribution < 1.29 is 26.3 Å². The summed E-state index contributed by atoms with van der Waals surface area (Å²) in [6.07, 6.45) is -4.54. The van der Waals surface area contributed by atoms with Gasteiger partial charge in [0.2, 0.25) is 10.0 Å². The first-order valence-electron chi connectivity index (χ1n) is 9.08. The quantitative estimate of drug-likeness (QED) is 0.195. The third-order valence-corrected chi connectivity index (χ3v) is 5.00. The number of aliphatic imine (C=N–C) groups is 1. The van der Waals surface area contributed by atoms with E-state index in [1.165, 1.54) is 26.1 Å². The minimum absolute atomic E-state index is 0. The van der Waals surface area contributed by atoms with Gasteiger partial charge in [0, 0.05) is 26.7 Å². The largest absolute Gasteiger partial charge is 0.488 e. The lowest BCUT2D eigenvalue weighted by Crippen LogP contribution is -2.41. The van der Waals surface area contributed by atoms with Gasteiger partial charge in [-0.2, -0.15) is 13.2 Å². The molecule has 0 unspecified atom stereocenters. The Balaban J connectivity index is 0.00000841. The number of nitrogens with one attached hydrogen (secondary N) is 3. The molecule has 0 aromatic heterocycles. The molecule has 0 atom stereocenters. The van der Waals surface area contributed by atoms with Gasteiger partial charge in [0.05, 0.1) is 11.3 Å². The smallest absolute Gasteiger partial charge is 0.416 e. The van der Waals surface area contributed by atoms with Gasteiger partial charge in [-0.1, -0.05) is 6.07 Å². The molecule has 0 fully saturated rings. The fraction of sp³-hybridized carbons (Fsp3) is 0.611. The number of halogens is 4. The lowest BCUT2D eigenvalue weighted by Gasteiger charge is -2.23. The summed E-state index contributed by atoms with van der Waals surface area (Å²) in [5.74, 6) is 0.359. The van der Waals surface area contributed by atoms with E-state index >= 15 is 0 Å². The van der Waals surface area contributed by atoms with Gasteiger partial charge in [-0.05, 0) is 45.4 Å². The summed E-state index contributed by atoms with van der Waals surface area (Å²) in [5, 5.41) is 5.64. The summed E-state index contributed by atoms with van der Waals surface area (Å²) in [5.41, 5.74) is -1.38. The molecular weight excluding hydrogens is 536 g/mol. The Morgan fingerprint density at radius 2 is 1.77 bits per heavy atom. The molecule has 0 radical (unpaired) electrons. The van der Waals surface area contributed by atoms with Crippen LogP contribution in [0.1, 0.15) is 38.8 Å². The first-order valence-corrected chi connectivity index (χ1v) is 10.7. The predicted molar refractivity (Wildman–Crippen MR) is 123 cm³/mol. The van der Waals surface area contributed by atoms with Crippen molar-refractivity contribution in [2.24, 2.45) is 4.99 Å². The van der Waals surface area contributed by atoms with E-state index in [0.717, 1.165) is 6.07 Å². The minimum Gasteiger partial charge on any atom is -0.488 e. The van der Waals surface area contributed by atoms with Crippen LogP contribution in [0.2, 0.25) is 0 Å². The highest BCUT2D eigenvalue weighted by Crippen LogP contribution is 2.35. The molecule has 0 heterocycles. The number of nitrogens with zero attached hydrogens (tertiary/aromatic N) is 1. The number of guanidine groups is 1. The second-order valence-corrected chi connectivity index (χ2v) is 9.28. The number of alkyl halides is 3. The van der Waals surface area contributed by atoms with Gasteiger partial charge in [0.15, 0.2) is 5.96 Å². The molecule has 1 aromatic rings. The molecule has 3 N–H and O–H groups in total. The van der Waals surface area contributed by atoms with Crippen LogP contribution in [-0.2, 0) is 22.7 Å². The molecule has 7 nitrogen and oxygen atoms in total. The second kappa shape index (κ2) is 11.9. The number of sulfonamides is 1. The summed E-state index contributed by atoms with van der Waals surface area (Å²) in [4.78, 5) is 3.93. The van der Waals surface area contributed by atoms with Crippen molar-refractivity contribution in [1.29, 1.82) is 0 Å². The van der Waals surface area contributed by atoms with E-state index in [1.807, 2.05) is 0 Å². The highest BCUT2D eigenvalue weighted by Gasteiger charge is 2.34. The number of benzene rings is 1. The summed E-state index contributed by atoms with van der Waals surface area (Å²) in [6, 6.07) is 3.84. The molecule has 1 rings (SSSR count). The van der Waals surface area contributed by atoms with Gasteiger partial charge in [0.25, 0.3) is 0 Å². The lowest BCUT2D eigenvalue weighted by molar-refractivity contribution is -0.138. The summed E-state index contributed by atoms with van der Waals surface area (Å²) >= 11 is 0. The first kappa shape index (κ1) is 28.7. The van der Waals surface area contributed by atoms with Gasteiger partial charge >= 0.3 is 6.18 Å². The van der Waals surface area contributed by atoms with E-state index in [9.17, 15) is 21.6 Å². The Kier molecular flexibility index (Phi) is 11.4. The molecule has 0 saturated carbocycles. The average Bonchev–Trinajstić information content (AvgIpc) is 2.59. The van der Waals surface area contributed by atoms with Crippen molar-refractivity contribution in [3.8, 4) is 5.75 Å². The fourth-order valence-electron chi connectivity index (χ4n) is 2.28. The summed E-state index contributed by atoms with van der Waals surface area (Å²) in [6.45, 7) is 7.02. The Morgan fingerprint density at radius 3 is 2.27 bits per heavy atom. The average molecular weight is 566 g/mol. The molecule has 0 aliphatic rings. The van der Waals surface area contributed by atoms with E-state index in [-0.39, 0.29) is 66.6 Å². The molecular formula is C18H30F3IN4O3S. The van der Waals surface area contributed by atoms with Crippen LogP contribution in [0.5, 0.6) is 5.75 Å². The zero-order valence-corrected chi connectivity index (χ0v) is 20.8. The van der Waals surface area contributed by atoms with Gasteiger partial charge in [-0.25, -0.2) is 13.1 Å². The van der Waals surface area contributed by atoms with Gasteiger partial charge in [-0.15, -0.1) is 24.0 Å². The number of hydrogen-bond donors (Lipinski definition) is 3. The fourth-order valence-corrected chi connectivity index (χ4v) is 2.90. The molecule has 0 bridgehead atoms. The number of rotatable bonds is 8. The van der Waals surface area contributed by atoms with E-state index in [4.69, 9.17) is 4.74 Å². The molecule has 1 aromatic carbocycles. The van der Waals surface area contributed by atoms with E-state index < -0.39 is 27.4 Å². The number of hydrogen-bond acceptors (Lipinski definition) is 4. The van der Waals surface area contributed by atoms with Crippen molar-refractivity contribution in [3.63, 3.8) is 0 Å². The monoisotopic (exact) mass is 566 g/mol. The molecule has 0 aliphatic carbocycles. The Bertz CT molecular complexity index is 810. The zero-order chi connectivity index (χ0) is 22.3. The van der Waals surface area contributed by atoms with Crippen molar-refractivity contribution in [3.05, 3.63) is 29.3 Å². The highest BCUT2D eigenvalue weighted by atomic mass is 127. The van der Waals surface area contributed by atoms with Crippen molar-refractivity contribution >= 4 is 40.0 Å². The summed E-state index contributed by atoms with van der Waals surface area (Å²) in [7, 11) is -1.84. The maximum atomic E-state index is 13.5. The maximum Gasteiger partial charge on any atom is 0.416 e. The van der Waals surface area contributed by atoms with Crippen LogP contribution in [0.4, 0.5) is 13.2 Å². The molecule has 30 heavy (non-hydrogen) atoms. The van der Waals surface area contributed by atoms with Crippen LogP contribution >= 0.6 is 24.0 Å². The third-order valence-electron chi connectivity index (χ3n) is 3.60. The van der Waals surface area contributed by atoms with Crippen LogP contribution in [0.15, 0.2) is 23.2 Å². The molecule has 0 saturated heterocycles. The standard InChI is InChI=1S/C18H29F3N4O3S.HI/c1-6-29(26,27)25-10-9-23-16(22-5)24-12-13-7-8-14(28-17(2,3)4)11-15(13)18(19,20)21;/h7-8,11,25H,6,9-10,12H2,1-5H3,(H2,22,23,24);1H. The SMILES string of the molecule is CCS(=O)(=O)NCCNC(=NC)NCc1ccc(OC(C)(C)C)cc1C(F)(F)F.I. The molecule has 12 heteroatoms.